The van der Waals surface area contributed by atoms with Crippen LogP contribution < -0.4 is 4.90 Å². The predicted molar refractivity (Wildman–Crippen MR) is 188 cm³/mol. The van der Waals surface area contributed by atoms with E-state index < -0.39 is 0 Å². The van der Waals surface area contributed by atoms with Crippen molar-refractivity contribution in [3.63, 3.8) is 0 Å². The SMILES string of the molecule is CCn1c2ccccc2c2cc(-c3cccc4c(N(c5ccccc5)c5ccc(-c6ccccc6)cc5)cccc34)ccc21. The Hall–Kier alpha value is -5.60. The lowest BCUT2D eigenvalue weighted by molar-refractivity contribution is 0.827. The Labute approximate surface area is 258 Å². The van der Waals surface area contributed by atoms with Crippen molar-refractivity contribution in [3.8, 4) is 22.3 Å². The molecule has 210 valence electrons. The second-order valence-electron chi connectivity index (χ2n) is 11.3. The van der Waals surface area contributed by atoms with Gasteiger partial charge in [-0.25, -0.2) is 0 Å². The minimum absolute atomic E-state index is 0.947. The van der Waals surface area contributed by atoms with Gasteiger partial charge in [-0.2, -0.15) is 0 Å². The van der Waals surface area contributed by atoms with Gasteiger partial charge in [0.2, 0.25) is 0 Å². The average molecular weight is 565 g/mol. The number of hydrogen-bond donors (Lipinski definition) is 0. The summed E-state index contributed by atoms with van der Waals surface area (Å²) in [5, 5.41) is 5.07. The normalized spacial score (nSPS) is 11.4. The summed E-state index contributed by atoms with van der Waals surface area (Å²) in [5.41, 5.74) is 10.9. The fourth-order valence-electron chi connectivity index (χ4n) is 6.74. The fourth-order valence-corrected chi connectivity index (χ4v) is 6.74. The van der Waals surface area contributed by atoms with Crippen molar-refractivity contribution in [1.82, 2.24) is 4.57 Å². The first-order valence-electron chi connectivity index (χ1n) is 15.3. The molecule has 8 rings (SSSR count). The maximum atomic E-state index is 2.41. The third-order valence-corrected chi connectivity index (χ3v) is 8.79. The Morgan fingerprint density at radius 2 is 1.02 bits per heavy atom. The molecule has 0 amide bonds. The largest absolute Gasteiger partial charge is 0.341 e. The molecular formula is C42H32N2. The molecule has 0 saturated heterocycles. The van der Waals surface area contributed by atoms with E-state index in [0.29, 0.717) is 0 Å². The van der Waals surface area contributed by atoms with Gasteiger partial charge in [0.05, 0.1) is 5.69 Å². The first-order valence-corrected chi connectivity index (χ1v) is 15.3. The molecule has 0 saturated carbocycles. The first-order chi connectivity index (χ1) is 21.8. The van der Waals surface area contributed by atoms with Gasteiger partial charge >= 0.3 is 0 Å². The summed E-state index contributed by atoms with van der Waals surface area (Å²) in [6.07, 6.45) is 0. The summed E-state index contributed by atoms with van der Waals surface area (Å²) < 4.78 is 2.41. The molecule has 2 heteroatoms. The lowest BCUT2D eigenvalue weighted by Gasteiger charge is -2.27. The molecule has 0 aliphatic heterocycles. The highest BCUT2D eigenvalue weighted by atomic mass is 15.1. The van der Waals surface area contributed by atoms with Crippen LogP contribution in [0.1, 0.15) is 6.92 Å². The summed E-state index contributed by atoms with van der Waals surface area (Å²) in [7, 11) is 0. The molecule has 2 nitrogen and oxygen atoms in total. The topological polar surface area (TPSA) is 8.17 Å². The van der Waals surface area contributed by atoms with Gasteiger partial charge in [-0.05, 0) is 83.1 Å². The van der Waals surface area contributed by atoms with Crippen LogP contribution in [-0.2, 0) is 6.54 Å². The maximum Gasteiger partial charge on any atom is 0.0540 e. The van der Waals surface area contributed by atoms with E-state index in [1.807, 2.05) is 0 Å². The highest BCUT2D eigenvalue weighted by molar-refractivity contribution is 6.11. The van der Waals surface area contributed by atoms with Gasteiger partial charge in [0.25, 0.3) is 0 Å². The Balaban J connectivity index is 1.29. The summed E-state index contributed by atoms with van der Waals surface area (Å²) >= 11 is 0. The zero-order chi connectivity index (χ0) is 29.5. The number of rotatable bonds is 6. The van der Waals surface area contributed by atoms with Crippen LogP contribution in [0.15, 0.2) is 164 Å². The van der Waals surface area contributed by atoms with Crippen molar-refractivity contribution >= 4 is 49.6 Å². The second kappa shape index (κ2) is 10.9. The van der Waals surface area contributed by atoms with E-state index in [-0.39, 0.29) is 0 Å². The minimum atomic E-state index is 0.947. The van der Waals surface area contributed by atoms with Gasteiger partial charge in [0, 0.05) is 45.1 Å². The molecule has 44 heavy (non-hydrogen) atoms. The van der Waals surface area contributed by atoms with Crippen LogP contribution in [0.4, 0.5) is 17.1 Å². The molecule has 0 fully saturated rings. The second-order valence-corrected chi connectivity index (χ2v) is 11.3. The van der Waals surface area contributed by atoms with Crippen LogP contribution in [0, 0.1) is 0 Å². The van der Waals surface area contributed by atoms with Gasteiger partial charge in [-0.15, -0.1) is 0 Å². The number of anilines is 3. The van der Waals surface area contributed by atoms with Crippen LogP contribution in [0.25, 0.3) is 54.8 Å². The summed E-state index contributed by atoms with van der Waals surface area (Å²) in [6, 6.07) is 59.2. The number of fused-ring (bicyclic) bond motifs is 4. The lowest BCUT2D eigenvalue weighted by Crippen LogP contribution is -2.10. The van der Waals surface area contributed by atoms with Crippen molar-refractivity contribution < 1.29 is 0 Å². The van der Waals surface area contributed by atoms with E-state index >= 15 is 0 Å². The Morgan fingerprint density at radius 3 is 1.82 bits per heavy atom. The van der Waals surface area contributed by atoms with Gasteiger partial charge in [0.1, 0.15) is 0 Å². The van der Waals surface area contributed by atoms with Crippen LogP contribution in [0.5, 0.6) is 0 Å². The first kappa shape index (κ1) is 26.1. The van der Waals surface area contributed by atoms with E-state index in [0.717, 1.165) is 23.6 Å². The van der Waals surface area contributed by atoms with Gasteiger partial charge in [-0.3, -0.25) is 0 Å². The summed E-state index contributed by atoms with van der Waals surface area (Å²) in [6.45, 7) is 3.17. The average Bonchev–Trinajstić information content (AvgIpc) is 3.42. The molecule has 1 aromatic heterocycles. The standard InChI is InChI=1S/C42H32N2/c1-2-43-40-21-10-9-17-38(40)39-29-32(25-28-41(39)43)35-18-11-20-37-36(35)19-12-22-42(37)44(33-15-7-4-8-16-33)34-26-23-31(24-27-34)30-13-5-3-6-14-30/h3-29H,2H2,1H3. The Bertz CT molecular complexity index is 2240. The summed E-state index contributed by atoms with van der Waals surface area (Å²) in [5.74, 6) is 0. The van der Waals surface area contributed by atoms with Crippen LogP contribution in [0.2, 0.25) is 0 Å². The minimum Gasteiger partial charge on any atom is -0.341 e. The monoisotopic (exact) mass is 564 g/mol. The molecule has 0 bridgehead atoms. The quantitative estimate of drug-likeness (QED) is 0.195. The number of benzene rings is 7. The van der Waals surface area contributed by atoms with Crippen molar-refractivity contribution in [1.29, 1.82) is 0 Å². The number of para-hydroxylation sites is 2. The number of hydrogen-bond acceptors (Lipinski definition) is 1. The lowest BCUT2D eigenvalue weighted by atomic mass is 9.95. The number of aryl methyl sites for hydroxylation is 1. The number of aromatic nitrogens is 1. The zero-order valence-corrected chi connectivity index (χ0v) is 24.7. The molecule has 0 N–H and O–H groups in total. The maximum absolute atomic E-state index is 2.41. The summed E-state index contributed by atoms with van der Waals surface area (Å²) in [4.78, 5) is 2.37. The molecule has 8 aromatic rings. The van der Waals surface area contributed by atoms with E-state index in [2.05, 4.69) is 180 Å². The molecular weight excluding hydrogens is 532 g/mol. The Morgan fingerprint density at radius 1 is 0.432 bits per heavy atom. The molecule has 0 spiro atoms. The fraction of sp³-hybridized carbons (Fsp3) is 0.0476. The van der Waals surface area contributed by atoms with Crippen LogP contribution in [0.3, 0.4) is 0 Å². The highest BCUT2D eigenvalue weighted by Crippen LogP contribution is 2.42. The van der Waals surface area contributed by atoms with Gasteiger partial charge < -0.3 is 9.47 Å². The zero-order valence-electron chi connectivity index (χ0n) is 24.7. The molecule has 0 radical (unpaired) electrons. The van der Waals surface area contributed by atoms with E-state index in [4.69, 9.17) is 0 Å². The molecule has 0 aliphatic carbocycles. The van der Waals surface area contributed by atoms with E-state index in [9.17, 15) is 0 Å². The van der Waals surface area contributed by atoms with E-state index in [1.54, 1.807) is 0 Å². The van der Waals surface area contributed by atoms with E-state index in [1.165, 1.54) is 54.8 Å². The Kier molecular flexibility index (Phi) is 6.46. The molecule has 1 heterocycles. The smallest absolute Gasteiger partial charge is 0.0540 e. The van der Waals surface area contributed by atoms with Crippen molar-refractivity contribution in [3.05, 3.63) is 164 Å². The van der Waals surface area contributed by atoms with Gasteiger partial charge in [-0.1, -0.05) is 115 Å². The third kappa shape index (κ3) is 4.35. The van der Waals surface area contributed by atoms with Crippen molar-refractivity contribution in [2.24, 2.45) is 0 Å². The van der Waals surface area contributed by atoms with Crippen molar-refractivity contribution in [2.45, 2.75) is 13.5 Å². The molecule has 0 unspecified atom stereocenters. The molecule has 7 aromatic carbocycles. The third-order valence-electron chi connectivity index (χ3n) is 8.79. The highest BCUT2D eigenvalue weighted by Gasteiger charge is 2.17. The van der Waals surface area contributed by atoms with Crippen LogP contribution in [-0.4, -0.2) is 4.57 Å². The molecule has 0 aliphatic rings. The predicted octanol–water partition coefficient (Wildman–Crippen LogP) is 11.8. The van der Waals surface area contributed by atoms with Crippen molar-refractivity contribution in [2.75, 3.05) is 4.90 Å². The molecule has 0 atom stereocenters. The number of nitrogens with zero attached hydrogens (tertiary/aromatic N) is 2. The van der Waals surface area contributed by atoms with Crippen LogP contribution >= 0.6 is 0 Å². The van der Waals surface area contributed by atoms with Gasteiger partial charge in [0.15, 0.2) is 0 Å².